The van der Waals surface area contributed by atoms with Crippen molar-refractivity contribution in [2.45, 2.75) is 25.5 Å². The minimum Gasteiger partial charge on any atom is -0.386 e. The molecule has 3 heteroatoms. The Morgan fingerprint density at radius 1 is 1.75 bits per heavy atom. The van der Waals surface area contributed by atoms with Gasteiger partial charge >= 0.3 is 0 Å². The summed E-state index contributed by atoms with van der Waals surface area (Å²) in [5.74, 6) is 0. The fraction of sp³-hybridized carbons (Fsp3) is 0.556. The van der Waals surface area contributed by atoms with Crippen molar-refractivity contribution in [3.05, 3.63) is 23.9 Å². The van der Waals surface area contributed by atoms with Gasteiger partial charge in [0.2, 0.25) is 0 Å². The van der Waals surface area contributed by atoms with E-state index in [0.717, 1.165) is 12.2 Å². The van der Waals surface area contributed by atoms with Crippen LogP contribution in [0.3, 0.4) is 0 Å². The summed E-state index contributed by atoms with van der Waals surface area (Å²) in [7, 11) is 0. The van der Waals surface area contributed by atoms with Gasteiger partial charge in [-0.2, -0.15) is 0 Å². The van der Waals surface area contributed by atoms with E-state index in [2.05, 4.69) is 5.32 Å². The molecule has 1 aliphatic rings. The molecule has 0 saturated heterocycles. The Labute approximate surface area is 73.0 Å². The van der Waals surface area contributed by atoms with Crippen LogP contribution in [0.15, 0.2) is 23.9 Å². The van der Waals surface area contributed by atoms with Gasteiger partial charge in [0.25, 0.3) is 0 Å². The Balaban J connectivity index is 2.82. The van der Waals surface area contributed by atoms with Gasteiger partial charge in [-0.25, -0.2) is 0 Å². The zero-order valence-corrected chi connectivity index (χ0v) is 7.54. The summed E-state index contributed by atoms with van der Waals surface area (Å²) in [5, 5.41) is 13.0. The molecule has 2 atom stereocenters. The summed E-state index contributed by atoms with van der Waals surface area (Å²) in [6.07, 6.45) is 5.51. The number of allylic oxidation sites excluding steroid dienone is 2. The molecule has 0 aromatic carbocycles. The molecule has 12 heavy (non-hydrogen) atoms. The van der Waals surface area contributed by atoms with E-state index in [0.29, 0.717) is 0 Å². The van der Waals surface area contributed by atoms with Crippen LogP contribution in [0.4, 0.5) is 0 Å². The molecule has 0 radical (unpaired) electrons. The Morgan fingerprint density at radius 2 is 2.42 bits per heavy atom. The molecule has 0 fully saturated rings. The molecular weight excluding hydrogens is 152 g/mol. The molecule has 68 valence electrons. The molecule has 0 aromatic heterocycles. The molecule has 2 unspecified atom stereocenters. The maximum Gasteiger partial charge on any atom is 0.120 e. The van der Waals surface area contributed by atoms with Crippen molar-refractivity contribution in [1.82, 2.24) is 5.32 Å². The maximum atomic E-state index is 9.93. The fourth-order valence-corrected chi connectivity index (χ4v) is 1.24. The average Bonchev–Trinajstić information content (AvgIpc) is 2.00. The van der Waals surface area contributed by atoms with Gasteiger partial charge in [0.15, 0.2) is 0 Å². The molecule has 1 rings (SSSR count). The Hall–Kier alpha value is -0.800. The summed E-state index contributed by atoms with van der Waals surface area (Å²) < 4.78 is 0. The van der Waals surface area contributed by atoms with Crippen LogP contribution in [0.5, 0.6) is 0 Å². The third kappa shape index (κ3) is 1.52. The van der Waals surface area contributed by atoms with E-state index in [-0.39, 0.29) is 6.04 Å². The van der Waals surface area contributed by atoms with Gasteiger partial charge in [-0.1, -0.05) is 12.2 Å². The number of rotatable bonds is 2. The smallest absolute Gasteiger partial charge is 0.120 e. The number of nitrogens with one attached hydrogen (secondary N) is 1. The normalized spacial score (nSPS) is 34.7. The standard InChI is InChI=1S/C9H16N2O/c1-3-11-8-6-4-5-7(10)9(8,2)12/h4-7,11-12H,3,10H2,1-2H3. The van der Waals surface area contributed by atoms with E-state index in [1.54, 1.807) is 13.0 Å². The van der Waals surface area contributed by atoms with Crippen molar-refractivity contribution in [3.63, 3.8) is 0 Å². The molecule has 0 bridgehead atoms. The first-order valence-electron chi connectivity index (χ1n) is 4.19. The molecular formula is C9H16N2O. The Bertz CT molecular complexity index is 219. The van der Waals surface area contributed by atoms with E-state index >= 15 is 0 Å². The summed E-state index contributed by atoms with van der Waals surface area (Å²) in [6.45, 7) is 4.50. The van der Waals surface area contributed by atoms with Crippen molar-refractivity contribution in [3.8, 4) is 0 Å². The first-order valence-corrected chi connectivity index (χ1v) is 4.19. The van der Waals surface area contributed by atoms with Crippen LogP contribution in [0.1, 0.15) is 13.8 Å². The SMILES string of the molecule is CCNC1=CC=CC(N)C1(C)O. The minimum atomic E-state index is -0.954. The zero-order chi connectivity index (χ0) is 9.19. The Morgan fingerprint density at radius 3 is 3.00 bits per heavy atom. The van der Waals surface area contributed by atoms with Gasteiger partial charge in [0.05, 0.1) is 6.04 Å². The molecule has 0 amide bonds. The van der Waals surface area contributed by atoms with Crippen molar-refractivity contribution >= 4 is 0 Å². The van der Waals surface area contributed by atoms with Crippen molar-refractivity contribution in [2.24, 2.45) is 5.73 Å². The van der Waals surface area contributed by atoms with Crippen LogP contribution < -0.4 is 11.1 Å². The molecule has 3 nitrogen and oxygen atoms in total. The lowest BCUT2D eigenvalue weighted by Gasteiger charge is -2.33. The lowest BCUT2D eigenvalue weighted by molar-refractivity contribution is 0.0764. The van der Waals surface area contributed by atoms with Crippen LogP contribution in [-0.4, -0.2) is 23.3 Å². The van der Waals surface area contributed by atoms with E-state index in [4.69, 9.17) is 5.73 Å². The summed E-state index contributed by atoms with van der Waals surface area (Å²) >= 11 is 0. The fourth-order valence-electron chi connectivity index (χ4n) is 1.24. The van der Waals surface area contributed by atoms with Crippen LogP contribution in [0.2, 0.25) is 0 Å². The average molecular weight is 168 g/mol. The predicted molar refractivity (Wildman–Crippen MR) is 49.5 cm³/mol. The highest BCUT2D eigenvalue weighted by molar-refractivity contribution is 5.30. The van der Waals surface area contributed by atoms with Crippen molar-refractivity contribution in [1.29, 1.82) is 0 Å². The lowest BCUT2D eigenvalue weighted by atomic mass is 9.89. The lowest BCUT2D eigenvalue weighted by Crippen LogP contribution is -2.50. The van der Waals surface area contributed by atoms with Crippen LogP contribution in [-0.2, 0) is 0 Å². The van der Waals surface area contributed by atoms with Gasteiger partial charge in [-0.05, 0) is 19.9 Å². The number of likely N-dealkylation sites (N-methyl/N-ethyl adjacent to an activating group) is 1. The highest BCUT2D eigenvalue weighted by Gasteiger charge is 2.32. The highest BCUT2D eigenvalue weighted by Crippen LogP contribution is 2.21. The van der Waals surface area contributed by atoms with Crippen LogP contribution in [0, 0.1) is 0 Å². The van der Waals surface area contributed by atoms with Gasteiger partial charge in [0, 0.05) is 12.2 Å². The summed E-state index contributed by atoms with van der Waals surface area (Å²) in [6, 6.07) is -0.323. The van der Waals surface area contributed by atoms with Gasteiger partial charge in [-0.3, -0.25) is 0 Å². The van der Waals surface area contributed by atoms with Crippen molar-refractivity contribution in [2.75, 3.05) is 6.54 Å². The number of hydrogen-bond acceptors (Lipinski definition) is 3. The third-order valence-electron chi connectivity index (χ3n) is 2.14. The monoisotopic (exact) mass is 168 g/mol. The molecule has 4 N–H and O–H groups in total. The highest BCUT2D eigenvalue weighted by atomic mass is 16.3. The second-order valence-corrected chi connectivity index (χ2v) is 3.17. The maximum absolute atomic E-state index is 9.93. The van der Waals surface area contributed by atoms with Gasteiger partial charge in [0.1, 0.15) is 5.60 Å². The molecule has 0 aliphatic heterocycles. The Kier molecular flexibility index (Phi) is 2.55. The second kappa shape index (κ2) is 3.29. The van der Waals surface area contributed by atoms with Gasteiger partial charge in [-0.15, -0.1) is 0 Å². The minimum absolute atomic E-state index is 0.323. The molecule has 0 saturated carbocycles. The molecule has 0 heterocycles. The summed E-state index contributed by atoms with van der Waals surface area (Å²) in [4.78, 5) is 0. The van der Waals surface area contributed by atoms with E-state index in [1.165, 1.54) is 0 Å². The number of nitrogens with two attached hydrogens (primary N) is 1. The summed E-state index contributed by atoms with van der Waals surface area (Å²) in [5.41, 5.74) is 5.55. The number of aliphatic hydroxyl groups is 1. The number of hydrogen-bond donors (Lipinski definition) is 3. The topological polar surface area (TPSA) is 58.3 Å². The van der Waals surface area contributed by atoms with Crippen LogP contribution >= 0.6 is 0 Å². The van der Waals surface area contributed by atoms with Crippen molar-refractivity contribution < 1.29 is 5.11 Å². The molecule has 1 aliphatic carbocycles. The van der Waals surface area contributed by atoms with E-state index < -0.39 is 5.60 Å². The zero-order valence-electron chi connectivity index (χ0n) is 7.54. The largest absolute Gasteiger partial charge is 0.386 e. The molecule has 0 aromatic rings. The predicted octanol–water partition coefficient (Wildman–Crippen LogP) is 0.128. The first kappa shape index (κ1) is 9.29. The van der Waals surface area contributed by atoms with Gasteiger partial charge < -0.3 is 16.2 Å². The second-order valence-electron chi connectivity index (χ2n) is 3.17. The van der Waals surface area contributed by atoms with Crippen LogP contribution in [0.25, 0.3) is 0 Å². The van der Waals surface area contributed by atoms with E-state index in [1.807, 2.05) is 19.1 Å². The third-order valence-corrected chi connectivity index (χ3v) is 2.14. The van der Waals surface area contributed by atoms with E-state index in [9.17, 15) is 5.11 Å². The molecule has 0 spiro atoms. The first-order chi connectivity index (χ1) is 5.59. The quantitative estimate of drug-likeness (QED) is 0.549.